The summed E-state index contributed by atoms with van der Waals surface area (Å²) in [7, 11) is 3.80. The van der Waals surface area contributed by atoms with Crippen LogP contribution in [0.25, 0.3) is 0 Å². The monoisotopic (exact) mass is 280 g/mol. The van der Waals surface area contributed by atoms with Gasteiger partial charge in [0.25, 0.3) is 0 Å². The SMILES string of the molecule is COCCNCc1cc(C)nc(C2CN(C)CCO2)n1. The second-order valence-electron chi connectivity index (χ2n) is 5.15. The van der Waals surface area contributed by atoms with Gasteiger partial charge in [-0.05, 0) is 20.0 Å². The van der Waals surface area contributed by atoms with Crippen molar-refractivity contribution in [3.8, 4) is 0 Å². The first kappa shape index (κ1) is 15.3. The van der Waals surface area contributed by atoms with E-state index in [0.717, 1.165) is 50.0 Å². The molecule has 20 heavy (non-hydrogen) atoms. The van der Waals surface area contributed by atoms with Gasteiger partial charge >= 0.3 is 0 Å². The minimum Gasteiger partial charge on any atom is -0.383 e. The molecule has 1 aromatic rings. The number of aryl methyl sites for hydroxylation is 1. The Labute approximate surface area is 120 Å². The molecule has 1 aromatic heterocycles. The zero-order valence-corrected chi connectivity index (χ0v) is 12.6. The Morgan fingerprint density at radius 3 is 3.10 bits per heavy atom. The summed E-state index contributed by atoms with van der Waals surface area (Å²) in [5.41, 5.74) is 1.98. The van der Waals surface area contributed by atoms with E-state index in [9.17, 15) is 0 Å². The van der Waals surface area contributed by atoms with Crippen molar-refractivity contribution in [3.63, 3.8) is 0 Å². The fourth-order valence-electron chi connectivity index (χ4n) is 2.22. The Balaban J connectivity index is 2.00. The lowest BCUT2D eigenvalue weighted by molar-refractivity contribution is -0.0256. The van der Waals surface area contributed by atoms with E-state index >= 15 is 0 Å². The lowest BCUT2D eigenvalue weighted by Gasteiger charge is -2.29. The van der Waals surface area contributed by atoms with Gasteiger partial charge in [-0.25, -0.2) is 9.97 Å². The topological polar surface area (TPSA) is 59.5 Å². The van der Waals surface area contributed by atoms with Crippen LogP contribution in [0.4, 0.5) is 0 Å². The zero-order valence-electron chi connectivity index (χ0n) is 12.6. The molecule has 1 aliphatic heterocycles. The van der Waals surface area contributed by atoms with Crippen LogP contribution in [-0.2, 0) is 16.0 Å². The quantitative estimate of drug-likeness (QED) is 0.767. The van der Waals surface area contributed by atoms with Crippen LogP contribution >= 0.6 is 0 Å². The summed E-state index contributed by atoms with van der Waals surface area (Å²) in [6.45, 7) is 6.79. The van der Waals surface area contributed by atoms with Gasteiger partial charge in [-0.1, -0.05) is 0 Å². The third-order valence-electron chi connectivity index (χ3n) is 3.27. The number of rotatable bonds is 6. The second-order valence-corrected chi connectivity index (χ2v) is 5.15. The van der Waals surface area contributed by atoms with Crippen LogP contribution in [0.5, 0.6) is 0 Å². The standard InChI is InChI=1S/C14H24N4O2/c1-11-8-12(9-15-4-6-19-3)17-14(16-11)13-10-18(2)5-7-20-13/h8,13,15H,4-7,9-10H2,1-3H3. The largest absolute Gasteiger partial charge is 0.383 e. The molecule has 1 atom stereocenters. The predicted molar refractivity (Wildman–Crippen MR) is 76.5 cm³/mol. The highest BCUT2D eigenvalue weighted by Gasteiger charge is 2.22. The second kappa shape index (κ2) is 7.64. The summed E-state index contributed by atoms with van der Waals surface area (Å²) in [6.07, 6.45) is -0.0219. The maximum Gasteiger partial charge on any atom is 0.158 e. The smallest absolute Gasteiger partial charge is 0.158 e. The van der Waals surface area contributed by atoms with Crippen LogP contribution in [0.2, 0.25) is 0 Å². The van der Waals surface area contributed by atoms with Crippen LogP contribution in [-0.4, -0.2) is 61.9 Å². The van der Waals surface area contributed by atoms with Gasteiger partial charge in [-0.3, -0.25) is 0 Å². The van der Waals surface area contributed by atoms with E-state index in [1.54, 1.807) is 7.11 Å². The fourth-order valence-corrected chi connectivity index (χ4v) is 2.22. The lowest BCUT2D eigenvalue weighted by atomic mass is 10.2. The van der Waals surface area contributed by atoms with Gasteiger partial charge in [0.15, 0.2) is 5.82 Å². The minimum absolute atomic E-state index is 0.0219. The summed E-state index contributed by atoms with van der Waals surface area (Å²) in [4.78, 5) is 11.4. The van der Waals surface area contributed by atoms with E-state index in [0.29, 0.717) is 6.61 Å². The molecule has 1 fully saturated rings. The van der Waals surface area contributed by atoms with Crippen LogP contribution < -0.4 is 5.32 Å². The molecular formula is C14H24N4O2. The Bertz CT molecular complexity index is 428. The number of nitrogens with one attached hydrogen (secondary N) is 1. The number of morpholine rings is 1. The van der Waals surface area contributed by atoms with Crippen LogP contribution in [0, 0.1) is 6.92 Å². The van der Waals surface area contributed by atoms with Gasteiger partial charge in [-0.2, -0.15) is 0 Å². The van der Waals surface area contributed by atoms with Crippen molar-refractivity contribution in [2.75, 3.05) is 47.0 Å². The average Bonchev–Trinajstić information content (AvgIpc) is 2.43. The first-order chi connectivity index (χ1) is 9.69. The Kier molecular flexibility index (Phi) is 5.85. The molecule has 0 aromatic carbocycles. The Morgan fingerprint density at radius 2 is 2.35 bits per heavy atom. The fraction of sp³-hybridized carbons (Fsp3) is 0.714. The number of hydrogen-bond donors (Lipinski definition) is 1. The summed E-state index contributed by atoms with van der Waals surface area (Å²) in [5, 5.41) is 3.30. The summed E-state index contributed by atoms with van der Waals surface area (Å²) in [6, 6.07) is 2.01. The van der Waals surface area contributed by atoms with Crippen molar-refractivity contribution in [2.45, 2.75) is 19.6 Å². The maximum absolute atomic E-state index is 5.78. The third kappa shape index (κ3) is 4.49. The van der Waals surface area contributed by atoms with E-state index in [2.05, 4.69) is 27.2 Å². The highest BCUT2D eigenvalue weighted by Crippen LogP contribution is 2.18. The summed E-state index contributed by atoms with van der Waals surface area (Å²) in [5.74, 6) is 0.792. The van der Waals surface area contributed by atoms with Crippen molar-refractivity contribution in [3.05, 3.63) is 23.3 Å². The van der Waals surface area contributed by atoms with Crippen LogP contribution in [0.15, 0.2) is 6.07 Å². The molecule has 1 unspecified atom stereocenters. The van der Waals surface area contributed by atoms with E-state index < -0.39 is 0 Å². The zero-order chi connectivity index (χ0) is 14.4. The molecule has 2 heterocycles. The van der Waals surface area contributed by atoms with Crippen molar-refractivity contribution >= 4 is 0 Å². The lowest BCUT2D eigenvalue weighted by Crippen LogP contribution is -2.36. The summed E-state index contributed by atoms with van der Waals surface area (Å²) < 4.78 is 10.8. The number of nitrogens with zero attached hydrogens (tertiary/aromatic N) is 3. The molecule has 1 N–H and O–H groups in total. The normalized spacial score (nSPS) is 20.2. The van der Waals surface area contributed by atoms with Crippen molar-refractivity contribution in [1.82, 2.24) is 20.2 Å². The van der Waals surface area contributed by atoms with Gasteiger partial charge < -0.3 is 19.7 Å². The first-order valence-corrected chi connectivity index (χ1v) is 7.03. The van der Waals surface area contributed by atoms with E-state index in [1.807, 2.05) is 13.0 Å². The highest BCUT2D eigenvalue weighted by atomic mass is 16.5. The molecule has 0 radical (unpaired) electrons. The molecule has 1 aliphatic rings. The molecule has 0 bridgehead atoms. The number of aromatic nitrogens is 2. The summed E-state index contributed by atoms with van der Waals surface area (Å²) >= 11 is 0. The van der Waals surface area contributed by atoms with E-state index in [-0.39, 0.29) is 6.10 Å². The van der Waals surface area contributed by atoms with Crippen molar-refractivity contribution < 1.29 is 9.47 Å². The van der Waals surface area contributed by atoms with Crippen LogP contribution in [0.3, 0.4) is 0 Å². The molecule has 0 saturated carbocycles. The Morgan fingerprint density at radius 1 is 1.50 bits per heavy atom. The van der Waals surface area contributed by atoms with Crippen LogP contribution in [0.1, 0.15) is 23.3 Å². The number of ether oxygens (including phenoxy) is 2. The molecule has 1 saturated heterocycles. The molecule has 112 valence electrons. The third-order valence-corrected chi connectivity index (χ3v) is 3.27. The van der Waals surface area contributed by atoms with Crippen molar-refractivity contribution in [2.24, 2.45) is 0 Å². The number of methoxy groups -OCH3 is 1. The number of hydrogen-bond acceptors (Lipinski definition) is 6. The number of likely N-dealkylation sites (N-methyl/N-ethyl adjacent to an activating group) is 1. The predicted octanol–water partition coefficient (Wildman–Crippen LogP) is 0.524. The Hall–Kier alpha value is -1.08. The average molecular weight is 280 g/mol. The van der Waals surface area contributed by atoms with Gasteiger partial charge in [-0.15, -0.1) is 0 Å². The van der Waals surface area contributed by atoms with Gasteiger partial charge in [0, 0.05) is 39.0 Å². The van der Waals surface area contributed by atoms with E-state index in [1.165, 1.54) is 0 Å². The van der Waals surface area contributed by atoms with Gasteiger partial charge in [0.1, 0.15) is 6.10 Å². The molecular weight excluding hydrogens is 256 g/mol. The highest BCUT2D eigenvalue weighted by molar-refractivity contribution is 5.12. The van der Waals surface area contributed by atoms with Gasteiger partial charge in [0.05, 0.1) is 18.9 Å². The van der Waals surface area contributed by atoms with Crippen molar-refractivity contribution in [1.29, 1.82) is 0 Å². The maximum atomic E-state index is 5.78. The minimum atomic E-state index is -0.0219. The molecule has 0 amide bonds. The molecule has 6 nitrogen and oxygen atoms in total. The van der Waals surface area contributed by atoms with E-state index in [4.69, 9.17) is 9.47 Å². The molecule has 0 spiro atoms. The first-order valence-electron chi connectivity index (χ1n) is 7.03. The van der Waals surface area contributed by atoms with Gasteiger partial charge in [0.2, 0.25) is 0 Å². The molecule has 0 aliphatic carbocycles. The molecule has 2 rings (SSSR count). The molecule has 6 heteroatoms.